The van der Waals surface area contributed by atoms with Crippen LogP contribution in [0.2, 0.25) is 5.02 Å². The zero-order valence-corrected chi connectivity index (χ0v) is 20.3. The number of hydrogen-bond acceptors (Lipinski definition) is 7. The molecule has 184 valence electrons. The number of thioether (sulfide) groups is 1. The molecule has 0 saturated carbocycles. The molecule has 1 saturated heterocycles. The molecule has 11 heteroatoms. The number of hydrogen-bond donors (Lipinski definition) is 0. The van der Waals surface area contributed by atoms with E-state index in [4.69, 9.17) is 21.1 Å². The molecule has 4 rings (SSSR count). The fourth-order valence-corrected chi connectivity index (χ4v) is 4.58. The van der Waals surface area contributed by atoms with Gasteiger partial charge in [-0.1, -0.05) is 41.9 Å². The van der Waals surface area contributed by atoms with E-state index in [0.29, 0.717) is 11.1 Å². The van der Waals surface area contributed by atoms with Crippen molar-refractivity contribution in [1.29, 1.82) is 0 Å². The number of halogens is 2. The molecule has 0 N–H and O–H groups in total. The highest BCUT2D eigenvalue weighted by atomic mass is 35.5. The third-order valence-corrected chi connectivity index (χ3v) is 6.40. The second-order valence-electron chi connectivity index (χ2n) is 7.61. The molecule has 1 aliphatic rings. The third kappa shape index (κ3) is 5.50. The average molecular weight is 529 g/mol. The molecule has 36 heavy (non-hydrogen) atoms. The summed E-state index contributed by atoms with van der Waals surface area (Å²) in [5, 5.41) is 10.7. The number of non-ortho nitro benzene ring substituents is 1. The van der Waals surface area contributed by atoms with Gasteiger partial charge in [-0.2, -0.15) is 0 Å². The van der Waals surface area contributed by atoms with Gasteiger partial charge in [-0.15, -0.1) is 0 Å². The lowest BCUT2D eigenvalue weighted by atomic mass is 10.1. The van der Waals surface area contributed by atoms with E-state index in [1.54, 1.807) is 24.3 Å². The molecule has 8 nitrogen and oxygen atoms in total. The zero-order chi connectivity index (χ0) is 25.8. The van der Waals surface area contributed by atoms with E-state index >= 15 is 0 Å². The highest BCUT2D eigenvalue weighted by Crippen LogP contribution is 2.39. The maximum Gasteiger partial charge on any atom is 0.293 e. The number of nitro benzene ring substituents is 1. The maximum absolute atomic E-state index is 14.0. The topological polar surface area (TPSA) is 99.0 Å². The first kappa shape index (κ1) is 25.2. The van der Waals surface area contributed by atoms with Crippen LogP contribution in [0.15, 0.2) is 65.6 Å². The largest absolute Gasteiger partial charge is 0.493 e. The molecule has 3 aromatic rings. The summed E-state index contributed by atoms with van der Waals surface area (Å²) in [6, 6.07) is 15.1. The van der Waals surface area contributed by atoms with Crippen LogP contribution in [0.25, 0.3) is 6.08 Å². The van der Waals surface area contributed by atoms with Crippen LogP contribution in [0.5, 0.6) is 11.5 Å². The van der Waals surface area contributed by atoms with E-state index < -0.39 is 21.9 Å². The van der Waals surface area contributed by atoms with Gasteiger partial charge in [0.2, 0.25) is 0 Å². The zero-order valence-electron chi connectivity index (χ0n) is 18.8. The van der Waals surface area contributed by atoms with Gasteiger partial charge >= 0.3 is 0 Å². The van der Waals surface area contributed by atoms with Crippen molar-refractivity contribution in [1.82, 2.24) is 4.90 Å². The van der Waals surface area contributed by atoms with Crippen LogP contribution in [0.4, 0.5) is 14.9 Å². The molecule has 0 spiro atoms. The normalized spacial score (nSPS) is 14.4. The molecule has 0 atom stereocenters. The van der Waals surface area contributed by atoms with Crippen molar-refractivity contribution >= 4 is 46.3 Å². The minimum absolute atomic E-state index is 0.00599. The number of imide groups is 1. The summed E-state index contributed by atoms with van der Waals surface area (Å²) < 4.78 is 25.1. The molecule has 0 aromatic heterocycles. The molecule has 1 aliphatic heterocycles. The summed E-state index contributed by atoms with van der Waals surface area (Å²) in [7, 11) is 1.41. The first-order valence-electron chi connectivity index (χ1n) is 10.5. The number of nitrogens with zero attached hydrogens (tertiary/aromatic N) is 2. The number of rotatable bonds is 8. The van der Waals surface area contributed by atoms with Crippen LogP contribution >= 0.6 is 23.4 Å². The van der Waals surface area contributed by atoms with Crippen LogP contribution in [-0.2, 0) is 17.9 Å². The van der Waals surface area contributed by atoms with Gasteiger partial charge < -0.3 is 9.47 Å². The number of carbonyl (C=O) groups is 2. The van der Waals surface area contributed by atoms with Gasteiger partial charge in [0.25, 0.3) is 16.8 Å². The van der Waals surface area contributed by atoms with E-state index in [9.17, 15) is 24.1 Å². The van der Waals surface area contributed by atoms with Crippen LogP contribution in [0.1, 0.15) is 16.7 Å². The monoisotopic (exact) mass is 528 g/mol. The molecule has 0 bridgehead atoms. The predicted octanol–water partition coefficient (Wildman–Crippen LogP) is 6.21. The second-order valence-corrected chi connectivity index (χ2v) is 9.01. The Balaban J connectivity index is 1.53. The van der Waals surface area contributed by atoms with Crippen molar-refractivity contribution < 1.29 is 28.4 Å². The summed E-state index contributed by atoms with van der Waals surface area (Å²) >= 11 is 7.15. The van der Waals surface area contributed by atoms with E-state index in [-0.39, 0.29) is 45.8 Å². The second kappa shape index (κ2) is 10.8. The molecule has 0 radical (unpaired) electrons. The lowest BCUT2D eigenvalue weighted by Crippen LogP contribution is -2.27. The highest BCUT2D eigenvalue weighted by Gasteiger charge is 2.35. The van der Waals surface area contributed by atoms with Crippen LogP contribution in [0.3, 0.4) is 0 Å². The van der Waals surface area contributed by atoms with Crippen molar-refractivity contribution in [3.8, 4) is 11.5 Å². The van der Waals surface area contributed by atoms with Crippen LogP contribution in [-0.4, -0.2) is 28.1 Å². The van der Waals surface area contributed by atoms with Gasteiger partial charge in [-0.25, -0.2) is 4.39 Å². The quantitative estimate of drug-likeness (QED) is 0.195. The maximum atomic E-state index is 14.0. The Labute approximate surface area is 214 Å². The minimum Gasteiger partial charge on any atom is -0.493 e. The molecular weight excluding hydrogens is 511 g/mol. The molecule has 0 unspecified atom stereocenters. The molecular formula is C25H18ClFN2O6S. The van der Waals surface area contributed by atoms with Crippen molar-refractivity contribution in [3.63, 3.8) is 0 Å². The number of amides is 2. The Kier molecular flexibility index (Phi) is 7.56. The van der Waals surface area contributed by atoms with Gasteiger partial charge in [0.05, 0.1) is 28.5 Å². The first-order chi connectivity index (χ1) is 17.3. The Hall–Kier alpha value is -3.89. The highest BCUT2D eigenvalue weighted by molar-refractivity contribution is 8.18. The Bertz CT molecular complexity index is 1400. The van der Waals surface area contributed by atoms with E-state index in [1.165, 1.54) is 49.6 Å². The van der Waals surface area contributed by atoms with E-state index in [2.05, 4.69) is 0 Å². The SMILES string of the molecule is COc1cc(/C=C2\SC(=O)N(Cc3ccccc3F)C2=O)cc(Cl)c1OCc1cccc([N+](=O)[O-])c1. The van der Waals surface area contributed by atoms with Gasteiger partial charge in [0, 0.05) is 17.7 Å². The van der Waals surface area contributed by atoms with Gasteiger partial charge in [-0.05, 0) is 47.2 Å². The molecule has 0 aliphatic carbocycles. The van der Waals surface area contributed by atoms with E-state index in [0.717, 1.165) is 16.7 Å². The first-order valence-corrected chi connectivity index (χ1v) is 11.7. The van der Waals surface area contributed by atoms with Crippen molar-refractivity contribution in [2.75, 3.05) is 7.11 Å². The van der Waals surface area contributed by atoms with Crippen molar-refractivity contribution in [2.45, 2.75) is 13.2 Å². The van der Waals surface area contributed by atoms with Crippen molar-refractivity contribution in [3.05, 3.63) is 103 Å². The summed E-state index contributed by atoms with van der Waals surface area (Å²) in [5.41, 5.74) is 1.22. The summed E-state index contributed by atoms with van der Waals surface area (Å²) in [6.45, 7) is -0.171. The molecule has 1 heterocycles. The summed E-state index contributed by atoms with van der Waals surface area (Å²) in [5.74, 6) is -0.563. The standard InChI is InChI=1S/C25H18ClFN2O6S/c1-34-21-11-16(10-19(26)23(21)35-14-15-5-4-7-18(9-15)29(32)33)12-22-24(30)28(25(31)36-22)13-17-6-2-3-8-20(17)27/h2-12H,13-14H2,1H3/b22-12-. The molecule has 3 aromatic carbocycles. The lowest BCUT2D eigenvalue weighted by molar-refractivity contribution is -0.384. The number of methoxy groups -OCH3 is 1. The minimum atomic E-state index is -0.547. The third-order valence-electron chi connectivity index (χ3n) is 5.21. The smallest absolute Gasteiger partial charge is 0.293 e. The Morgan fingerprint density at radius 3 is 2.64 bits per heavy atom. The predicted molar refractivity (Wildman–Crippen MR) is 133 cm³/mol. The molecule has 2 amide bonds. The van der Waals surface area contributed by atoms with Gasteiger partial charge in [-0.3, -0.25) is 24.6 Å². The Morgan fingerprint density at radius 1 is 1.14 bits per heavy atom. The number of benzene rings is 3. The fourth-order valence-electron chi connectivity index (χ4n) is 3.46. The summed E-state index contributed by atoms with van der Waals surface area (Å²) in [4.78, 5) is 36.9. The van der Waals surface area contributed by atoms with Gasteiger partial charge in [0.15, 0.2) is 11.5 Å². The summed E-state index contributed by atoms with van der Waals surface area (Å²) in [6.07, 6.45) is 1.49. The number of carbonyl (C=O) groups excluding carboxylic acids is 2. The number of ether oxygens (including phenoxy) is 2. The Morgan fingerprint density at radius 2 is 1.92 bits per heavy atom. The average Bonchev–Trinajstić information content (AvgIpc) is 3.11. The van der Waals surface area contributed by atoms with E-state index in [1.807, 2.05) is 0 Å². The van der Waals surface area contributed by atoms with Gasteiger partial charge in [0.1, 0.15) is 12.4 Å². The lowest BCUT2D eigenvalue weighted by Gasteiger charge is -2.14. The fraction of sp³-hybridized carbons (Fsp3) is 0.120. The number of nitro groups is 1. The van der Waals surface area contributed by atoms with Crippen molar-refractivity contribution in [2.24, 2.45) is 0 Å². The molecule has 1 fully saturated rings. The van der Waals surface area contributed by atoms with Crippen LogP contribution < -0.4 is 9.47 Å². The van der Waals surface area contributed by atoms with Crippen LogP contribution in [0, 0.1) is 15.9 Å².